The second kappa shape index (κ2) is 4.65. The van der Waals surface area contributed by atoms with E-state index < -0.39 is 17.6 Å². The monoisotopic (exact) mass is 302 g/mol. The number of aromatic nitrogens is 1. The number of carbonyl (C=O) groups is 2. The fourth-order valence-corrected chi connectivity index (χ4v) is 2.10. The van der Waals surface area contributed by atoms with Gasteiger partial charge in [-0.3, -0.25) is 4.79 Å². The van der Waals surface area contributed by atoms with Gasteiger partial charge in [-0.25, -0.2) is 14.7 Å². The van der Waals surface area contributed by atoms with Crippen LogP contribution in [0.25, 0.3) is 0 Å². The molecule has 0 unspecified atom stereocenters. The molecule has 5 nitrogen and oxygen atoms in total. The lowest BCUT2D eigenvalue weighted by Gasteiger charge is -2.23. The third kappa shape index (κ3) is 2.67. The molecule has 0 bridgehead atoms. The van der Waals surface area contributed by atoms with Crippen molar-refractivity contribution in [1.29, 1.82) is 0 Å². The zero-order valence-corrected chi connectivity index (χ0v) is 12.2. The lowest BCUT2D eigenvalue weighted by atomic mass is 10.2. The molecule has 0 N–H and O–H groups in total. The molecule has 19 heavy (non-hydrogen) atoms. The fourth-order valence-electron chi connectivity index (χ4n) is 1.72. The molecule has 0 fully saturated rings. The Morgan fingerprint density at radius 3 is 2.63 bits per heavy atom. The van der Waals surface area contributed by atoms with E-state index in [9.17, 15) is 9.59 Å². The largest absolute Gasteiger partial charge is 0.443 e. The zero-order chi connectivity index (χ0) is 14.4. The van der Waals surface area contributed by atoms with Gasteiger partial charge in [-0.05, 0) is 20.8 Å². The molecule has 1 aromatic heterocycles. The Kier molecular flexibility index (Phi) is 3.45. The maximum Gasteiger partial charge on any atom is 0.421 e. The molecule has 0 aliphatic carbocycles. The standard InChI is InChI=1S/C12H12Cl2N2O3/c1-12(2,3)19-11(18)16-7-5-15-10(14)9(13)6(7)4-8(16)17/h5H,4H2,1-3H3. The molecule has 0 saturated heterocycles. The molecule has 1 aliphatic heterocycles. The Hall–Kier alpha value is -1.33. The van der Waals surface area contributed by atoms with E-state index in [1.165, 1.54) is 6.20 Å². The first-order valence-corrected chi connectivity index (χ1v) is 6.35. The number of nitrogens with zero attached hydrogens (tertiary/aromatic N) is 2. The van der Waals surface area contributed by atoms with Crippen LogP contribution < -0.4 is 4.90 Å². The van der Waals surface area contributed by atoms with Gasteiger partial charge in [-0.2, -0.15) is 0 Å². The molecule has 1 aliphatic rings. The van der Waals surface area contributed by atoms with Crippen LogP contribution in [0.4, 0.5) is 10.5 Å². The highest BCUT2D eigenvalue weighted by atomic mass is 35.5. The van der Waals surface area contributed by atoms with Crippen LogP contribution in [-0.4, -0.2) is 22.6 Å². The highest BCUT2D eigenvalue weighted by Crippen LogP contribution is 2.37. The summed E-state index contributed by atoms with van der Waals surface area (Å²) in [7, 11) is 0. The quantitative estimate of drug-likeness (QED) is 0.690. The highest BCUT2D eigenvalue weighted by Gasteiger charge is 2.37. The van der Waals surface area contributed by atoms with Gasteiger partial charge in [-0.15, -0.1) is 0 Å². The topological polar surface area (TPSA) is 59.5 Å². The SMILES string of the molecule is CC(C)(C)OC(=O)N1C(=O)Cc2c1cnc(Cl)c2Cl. The first kappa shape index (κ1) is 14.1. The Bertz CT molecular complexity index is 567. The Morgan fingerprint density at radius 1 is 1.42 bits per heavy atom. The van der Waals surface area contributed by atoms with E-state index in [-0.39, 0.29) is 16.6 Å². The molecule has 0 atom stereocenters. The van der Waals surface area contributed by atoms with Crippen LogP contribution in [0.15, 0.2) is 6.20 Å². The predicted octanol–water partition coefficient (Wildman–Crippen LogP) is 3.21. The van der Waals surface area contributed by atoms with Crippen molar-refractivity contribution in [3.8, 4) is 0 Å². The van der Waals surface area contributed by atoms with Gasteiger partial charge in [0.1, 0.15) is 10.8 Å². The second-order valence-corrected chi connectivity index (χ2v) is 5.85. The number of ether oxygens (including phenoxy) is 1. The first-order valence-electron chi connectivity index (χ1n) is 5.59. The third-order valence-electron chi connectivity index (χ3n) is 2.45. The van der Waals surface area contributed by atoms with Gasteiger partial charge in [0.15, 0.2) is 0 Å². The van der Waals surface area contributed by atoms with Gasteiger partial charge >= 0.3 is 6.09 Å². The number of anilines is 1. The van der Waals surface area contributed by atoms with Crippen LogP contribution in [-0.2, 0) is 16.0 Å². The van der Waals surface area contributed by atoms with Crippen LogP contribution in [0.2, 0.25) is 10.2 Å². The van der Waals surface area contributed by atoms with Gasteiger partial charge < -0.3 is 4.74 Å². The minimum absolute atomic E-state index is 0.00957. The summed E-state index contributed by atoms with van der Waals surface area (Å²) in [6.45, 7) is 5.17. The average molecular weight is 303 g/mol. The number of carbonyl (C=O) groups excluding carboxylic acids is 2. The van der Waals surface area contributed by atoms with Gasteiger partial charge in [0.05, 0.1) is 23.3 Å². The van der Waals surface area contributed by atoms with E-state index in [1.807, 2.05) is 0 Å². The van der Waals surface area contributed by atoms with Gasteiger partial charge in [0.2, 0.25) is 5.91 Å². The molecular weight excluding hydrogens is 291 g/mol. The maximum absolute atomic E-state index is 12.0. The molecule has 102 valence electrons. The van der Waals surface area contributed by atoms with Crippen molar-refractivity contribution in [2.45, 2.75) is 32.8 Å². The highest BCUT2D eigenvalue weighted by molar-refractivity contribution is 6.42. The maximum atomic E-state index is 12.0. The molecule has 1 aromatic rings. The molecule has 2 amide bonds. The smallest absolute Gasteiger partial charge is 0.421 e. The normalized spacial score (nSPS) is 14.6. The summed E-state index contributed by atoms with van der Waals surface area (Å²) in [5.41, 5.74) is 0.134. The van der Waals surface area contributed by atoms with E-state index in [1.54, 1.807) is 20.8 Å². The number of hydrogen-bond donors (Lipinski definition) is 0. The number of rotatable bonds is 0. The van der Waals surface area contributed by atoms with Crippen molar-refractivity contribution >= 4 is 40.9 Å². The summed E-state index contributed by atoms with van der Waals surface area (Å²) in [5.74, 6) is -0.407. The molecule has 2 rings (SSSR count). The number of hydrogen-bond acceptors (Lipinski definition) is 4. The van der Waals surface area contributed by atoms with Crippen molar-refractivity contribution in [3.05, 3.63) is 21.9 Å². The zero-order valence-electron chi connectivity index (χ0n) is 10.7. The molecule has 0 saturated carbocycles. The molecule has 7 heteroatoms. The summed E-state index contributed by atoms with van der Waals surface area (Å²) in [5, 5.41) is 0.304. The minimum atomic E-state index is -0.739. The van der Waals surface area contributed by atoms with Crippen molar-refractivity contribution in [1.82, 2.24) is 4.98 Å². The van der Waals surface area contributed by atoms with Crippen molar-refractivity contribution in [3.63, 3.8) is 0 Å². The number of imide groups is 1. The number of fused-ring (bicyclic) bond motifs is 1. The summed E-state index contributed by atoms with van der Waals surface area (Å²) < 4.78 is 5.18. The van der Waals surface area contributed by atoms with E-state index >= 15 is 0 Å². The molecule has 0 aromatic carbocycles. The van der Waals surface area contributed by atoms with Crippen LogP contribution in [0, 0.1) is 0 Å². The minimum Gasteiger partial charge on any atom is -0.443 e. The average Bonchev–Trinajstić information content (AvgIpc) is 2.58. The second-order valence-electron chi connectivity index (χ2n) is 5.11. The Balaban J connectivity index is 2.39. The van der Waals surface area contributed by atoms with Crippen molar-refractivity contribution in [2.75, 3.05) is 4.90 Å². The van der Waals surface area contributed by atoms with E-state index in [4.69, 9.17) is 27.9 Å². The molecule has 0 radical (unpaired) electrons. The van der Waals surface area contributed by atoms with Crippen molar-refractivity contribution in [2.24, 2.45) is 0 Å². The number of halogens is 2. The predicted molar refractivity (Wildman–Crippen MR) is 71.7 cm³/mol. The fraction of sp³-hybridized carbons (Fsp3) is 0.417. The number of amides is 2. The van der Waals surface area contributed by atoms with Crippen LogP contribution in [0.5, 0.6) is 0 Å². The van der Waals surface area contributed by atoms with Gasteiger partial charge in [0.25, 0.3) is 0 Å². The Morgan fingerprint density at radius 2 is 2.05 bits per heavy atom. The molecule has 0 spiro atoms. The van der Waals surface area contributed by atoms with Crippen LogP contribution in [0.3, 0.4) is 0 Å². The van der Waals surface area contributed by atoms with E-state index in [2.05, 4.69) is 4.98 Å². The molecule has 2 heterocycles. The molecular formula is C12H12Cl2N2O3. The summed E-state index contributed by atoms with van der Waals surface area (Å²) in [6, 6.07) is 0. The van der Waals surface area contributed by atoms with Crippen LogP contribution in [0.1, 0.15) is 26.3 Å². The lowest BCUT2D eigenvalue weighted by Crippen LogP contribution is -2.38. The summed E-state index contributed by atoms with van der Waals surface area (Å²) in [6.07, 6.45) is 0.616. The first-order chi connectivity index (χ1) is 8.70. The van der Waals surface area contributed by atoms with E-state index in [0.29, 0.717) is 11.3 Å². The van der Waals surface area contributed by atoms with Crippen LogP contribution >= 0.6 is 23.2 Å². The van der Waals surface area contributed by atoms with Gasteiger partial charge in [-0.1, -0.05) is 23.2 Å². The summed E-state index contributed by atoms with van der Waals surface area (Å²) >= 11 is 11.8. The third-order valence-corrected chi connectivity index (χ3v) is 3.24. The van der Waals surface area contributed by atoms with E-state index in [0.717, 1.165) is 4.90 Å². The van der Waals surface area contributed by atoms with Gasteiger partial charge in [0, 0.05) is 5.56 Å². The lowest BCUT2D eigenvalue weighted by molar-refractivity contribution is -0.117. The number of pyridine rings is 1. The van der Waals surface area contributed by atoms with Crippen molar-refractivity contribution < 1.29 is 14.3 Å². The summed E-state index contributed by atoms with van der Waals surface area (Å²) in [4.78, 5) is 28.7. The Labute approximate surface area is 120 Å².